The van der Waals surface area contributed by atoms with E-state index in [0.29, 0.717) is 18.8 Å². The summed E-state index contributed by atoms with van der Waals surface area (Å²) in [7, 11) is 1.66. The van der Waals surface area contributed by atoms with E-state index in [1.165, 1.54) is 16.0 Å². The van der Waals surface area contributed by atoms with E-state index in [9.17, 15) is 14.4 Å². The van der Waals surface area contributed by atoms with E-state index in [0.717, 1.165) is 45.3 Å². The van der Waals surface area contributed by atoms with Crippen molar-refractivity contribution in [3.8, 4) is 0 Å². The quantitative estimate of drug-likeness (QED) is 0.768. The number of carbonyl (C=O) groups is 3. The van der Waals surface area contributed by atoms with Gasteiger partial charge in [-0.15, -0.1) is 0 Å². The van der Waals surface area contributed by atoms with Gasteiger partial charge in [-0.3, -0.25) is 19.1 Å². The predicted molar refractivity (Wildman–Crippen MR) is 116 cm³/mol. The fourth-order valence-electron chi connectivity index (χ4n) is 4.85. The van der Waals surface area contributed by atoms with Gasteiger partial charge < -0.3 is 20.0 Å². The van der Waals surface area contributed by atoms with Crippen molar-refractivity contribution < 1.29 is 14.4 Å². The molecule has 1 aromatic heterocycles. The standard InChI is InChI=1S/C22H34N6O3/c1-4-26-10-12-27(13-11-26)19(29)17-14-18-20(30)25(3)22(2,15-28(18)24-17)21(31)23-16-8-6-5-7-9-16/h14,16H,4-13,15H2,1-3H3,(H,23,31)/t22-/m1/s1. The van der Waals surface area contributed by atoms with Crippen LogP contribution < -0.4 is 5.32 Å². The molecular formula is C22H34N6O3. The van der Waals surface area contributed by atoms with E-state index in [-0.39, 0.29) is 36.0 Å². The second kappa shape index (κ2) is 8.61. The summed E-state index contributed by atoms with van der Waals surface area (Å²) in [6, 6.07) is 1.74. The van der Waals surface area contributed by atoms with E-state index < -0.39 is 5.54 Å². The maximum atomic E-state index is 13.2. The SMILES string of the molecule is CCN1CCN(C(=O)c2cc3n(n2)C[C@](C)(C(=O)NC2CCCCC2)N(C)C3=O)CC1. The summed E-state index contributed by atoms with van der Waals surface area (Å²) >= 11 is 0. The lowest BCUT2D eigenvalue weighted by atomic mass is 9.92. The van der Waals surface area contributed by atoms with Crippen LogP contribution in [0, 0.1) is 0 Å². The maximum Gasteiger partial charge on any atom is 0.274 e. The Bertz CT molecular complexity index is 853. The number of aromatic nitrogens is 2. The molecule has 0 spiro atoms. The molecule has 1 atom stereocenters. The van der Waals surface area contributed by atoms with Gasteiger partial charge in [-0.2, -0.15) is 5.10 Å². The Morgan fingerprint density at radius 1 is 1.16 bits per heavy atom. The Kier molecular flexibility index (Phi) is 6.05. The summed E-state index contributed by atoms with van der Waals surface area (Å²) in [5, 5.41) is 7.61. The molecule has 0 radical (unpaired) electrons. The number of carbonyl (C=O) groups excluding carboxylic acids is 3. The molecule has 1 aromatic rings. The van der Waals surface area contributed by atoms with Gasteiger partial charge in [0, 0.05) is 45.3 Å². The minimum Gasteiger partial charge on any atom is -0.351 e. The topological polar surface area (TPSA) is 90.8 Å². The third-order valence-corrected chi connectivity index (χ3v) is 7.26. The highest BCUT2D eigenvalue weighted by molar-refractivity contribution is 6.01. The van der Waals surface area contributed by atoms with Crippen LogP contribution >= 0.6 is 0 Å². The van der Waals surface area contributed by atoms with Gasteiger partial charge in [-0.1, -0.05) is 26.2 Å². The molecule has 1 N–H and O–H groups in total. The van der Waals surface area contributed by atoms with Crippen LogP contribution in [0.1, 0.15) is 66.9 Å². The average molecular weight is 431 g/mol. The maximum absolute atomic E-state index is 13.2. The van der Waals surface area contributed by atoms with Gasteiger partial charge in [0.15, 0.2) is 5.69 Å². The fraction of sp³-hybridized carbons (Fsp3) is 0.727. The van der Waals surface area contributed by atoms with Crippen LogP contribution in [0.5, 0.6) is 0 Å². The molecule has 2 aliphatic heterocycles. The molecule has 3 heterocycles. The summed E-state index contributed by atoms with van der Waals surface area (Å²) < 4.78 is 1.54. The fourth-order valence-corrected chi connectivity index (χ4v) is 4.85. The van der Waals surface area contributed by atoms with Gasteiger partial charge in [-0.25, -0.2) is 0 Å². The highest BCUT2D eigenvalue weighted by atomic mass is 16.2. The number of fused-ring (bicyclic) bond motifs is 1. The molecule has 9 heteroatoms. The molecule has 1 aliphatic carbocycles. The zero-order valence-electron chi connectivity index (χ0n) is 18.9. The average Bonchev–Trinajstić information content (AvgIpc) is 3.21. The zero-order valence-corrected chi connectivity index (χ0v) is 18.9. The van der Waals surface area contributed by atoms with E-state index >= 15 is 0 Å². The largest absolute Gasteiger partial charge is 0.351 e. The molecule has 9 nitrogen and oxygen atoms in total. The number of nitrogens with one attached hydrogen (secondary N) is 1. The number of amides is 3. The summed E-state index contributed by atoms with van der Waals surface area (Å²) in [4.78, 5) is 44.8. The van der Waals surface area contributed by atoms with Crippen molar-refractivity contribution in [1.29, 1.82) is 0 Å². The van der Waals surface area contributed by atoms with Crippen molar-refractivity contribution in [2.24, 2.45) is 0 Å². The van der Waals surface area contributed by atoms with Crippen LogP contribution in [0.25, 0.3) is 0 Å². The van der Waals surface area contributed by atoms with Gasteiger partial charge in [0.2, 0.25) is 5.91 Å². The number of hydrogen-bond acceptors (Lipinski definition) is 5. The van der Waals surface area contributed by atoms with Gasteiger partial charge in [0.25, 0.3) is 11.8 Å². The first-order valence-corrected chi connectivity index (χ1v) is 11.5. The summed E-state index contributed by atoms with van der Waals surface area (Å²) in [5.41, 5.74) is -0.403. The molecular weight excluding hydrogens is 396 g/mol. The number of piperazine rings is 1. The molecule has 3 aliphatic rings. The van der Waals surface area contributed by atoms with Crippen LogP contribution in [0.2, 0.25) is 0 Å². The van der Waals surface area contributed by atoms with E-state index in [1.54, 1.807) is 24.9 Å². The summed E-state index contributed by atoms with van der Waals surface area (Å²) in [5.74, 6) is -0.587. The normalized spacial score (nSPS) is 25.5. The molecule has 1 saturated heterocycles. The molecule has 0 aromatic carbocycles. The molecule has 0 bridgehead atoms. The third kappa shape index (κ3) is 4.07. The Balaban J connectivity index is 1.50. The first kappa shape index (κ1) is 21.8. The highest BCUT2D eigenvalue weighted by Gasteiger charge is 2.47. The first-order valence-electron chi connectivity index (χ1n) is 11.5. The smallest absolute Gasteiger partial charge is 0.274 e. The Morgan fingerprint density at radius 3 is 2.48 bits per heavy atom. The molecule has 170 valence electrons. The van der Waals surface area contributed by atoms with Crippen LogP contribution in [0.4, 0.5) is 0 Å². The van der Waals surface area contributed by atoms with Gasteiger partial charge in [0.05, 0.1) is 6.54 Å². The monoisotopic (exact) mass is 430 g/mol. The summed E-state index contributed by atoms with van der Waals surface area (Å²) in [6.07, 6.45) is 5.42. The number of nitrogens with zero attached hydrogens (tertiary/aromatic N) is 5. The Hall–Kier alpha value is -2.42. The zero-order chi connectivity index (χ0) is 22.2. The lowest BCUT2D eigenvalue weighted by molar-refractivity contribution is -0.133. The second-order valence-electron chi connectivity index (χ2n) is 9.25. The first-order chi connectivity index (χ1) is 14.8. The van der Waals surface area contributed by atoms with Gasteiger partial charge >= 0.3 is 0 Å². The Labute approximate surface area is 183 Å². The van der Waals surface area contributed by atoms with Crippen molar-refractivity contribution in [2.75, 3.05) is 39.8 Å². The Morgan fingerprint density at radius 2 is 1.84 bits per heavy atom. The second-order valence-corrected chi connectivity index (χ2v) is 9.25. The minimum absolute atomic E-state index is 0.151. The van der Waals surface area contributed by atoms with E-state index in [2.05, 4.69) is 22.2 Å². The van der Waals surface area contributed by atoms with Crippen LogP contribution in [-0.4, -0.2) is 93.6 Å². The lowest BCUT2D eigenvalue weighted by Gasteiger charge is -2.41. The van der Waals surface area contributed by atoms with Crippen LogP contribution in [0.15, 0.2) is 6.07 Å². The number of hydrogen-bond donors (Lipinski definition) is 1. The minimum atomic E-state index is -1.04. The van der Waals surface area contributed by atoms with Crippen molar-refractivity contribution in [1.82, 2.24) is 29.8 Å². The van der Waals surface area contributed by atoms with Crippen molar-refractivity contribution in [3.05, 3.63) is 17.5 Å². The third-order valence-electron chi connectivity index (χ3n) is 7.26. The van der Waals surface area contributed by atoms with Gasteiger partial charge in [-0.05, 0) is 26.3 Å². The molecule has 1 saturated carbocycles. The van der Waals surface area contributed by atoms with Crippen molar-refractivity contribution in [3.63, 3.8) is 0 Å². The van der Waals surface area contributed by atoms with E-state index in [4.69, 9.17) is 0 Å². The van der Waals surface area contributed by atoms with Crippen molar-refractivity contribution in [2.45, 2.75) is 64.1 Å². The van der Waals surface area contributed by atoms with Crippen molar-refractivity contribution >= 4 is 17.7 Å². The van der Waals surface area contributed by atoms with Crippen LogP contribution in [-0.2, 0) is 11.3 Å². The van der Waals surface area contributed by atoms with E-state index in [1.807, 2.05) is 0 Å². The number of rotatable bonds is 4. The molecule has 31 heavy (non-hydrogen) atoms. The molecule has 0 unspecified atom stereocenters. The summed E-state index contributed by atoms with van der Waals surface area (Å²) in [6.45, 7) is 8.11. The number of likely N-dealkylation sites (N-methyl/N-ethyl adjacent to an activating group) is 2. The highest BCUT2D eigenvalue weighted by Crippen LogP contribution is 2.27. The van der Waals surface area contributed by atoms with Gasteiger partial charge in [0.1, 0.15) is 11.2 Å². The molecule has 3 amide bonds. The predicted octanol–water partition coefficient (Wildman–Crippen LogP) is 0.954. The molecule has 2 fully saturated rings. The molecule has 4 rings (SSSR count). The van der Waals surface area contributed by atoms with Crippen LogP contribution in [0.3, 0.4) is 0 Å². The lowest BCUT2D eigenvalue weighted by Crippen LogP contribution is -2.63.